The van der Waals surface area contributed by atoms with Crippen molar-refractivity contribution >= 4 is 34.7 Å². The number of fused-ring (bicyclic) bond motifs is 3. The summed E-state index contributed by atoms with van der Waals surface area (Å²) >= 11 is 13.4. The maximum atomic E-state index is 11.1. The number of tetrazole rings is 1. The Labute approximate surface area is 235 Å². The number of carbonyl (C=O) groups is 1. The van der Waals surface area contributed by atoms with Gasteiger partial charge in [-0.25, -0.2) is 0 Å². The van der Waals surface area contributed by atoms with Crippen molar-refractivity contribution in [2.75, 3.05) is 14.2 Å². The molecule has 4 aromatic rings. The molecule has 5 rings (SSSR count). The van der Waals surface area contributed by atoms with Gasteiger partial charge in [0.15, 0.2) is 17.3 Å². The number of nitrogens with zero attached hydrogens (tertiary/aromatic N) is 5. The summed E-state index contributed by atoms with van der Waals surface area (Å²) in [5.41, 5.74) is 4.03. The first kappa shape index (κ1) is 26.8. The van der Waals surface area contributed by atoms with Crippen molar-refractivity contribution in [1.29, 1.82) is 0 Å². The van der Waals surface area contributed by atoms with Crippen molar-refractivity contribution in [2.45, 2.75) is 38.1 Å². The third-order valence-corrected chi connectivity index (χ3v) is 7.67. The third kappa shape index (κ3) is 4.88. The first-order chi connectivity index (χ1) is 18.8. The van der Waals surface area contributed by atoms with E-state index in [4.69, 9.17) is 37.8 Å². The molecule has 0 aliphatic carbocycles. The quantitative estimate of drug-likeness (QED) is 0.280. The molecule has 2 aromatic heterocycles. The zero-order valence-electron chi connectivity index (χ0n) is 21.7. The maximum Gasteiger partial charge on any atom is 0.311 e. The molecule has 202 valence electrons. The summed E-state index contributed by atoms with van der Waals surface area (Å²) in [7, 11) is 3.23. The van der Waals surface area contributed by atoms with E-state index < -0.39 is 11.4 Å². The highest BCUT2D eigenvalue weighted by atomic mass is 35.5. The largest absolute Gasteiger partial charge is 0.493 e. The number of halogens is 2. The number of hydrogen-bond donors (Lipinski definition) is 1. The van der Waals surface area contributed by atoms with Gasteiger partial charge in [-0.15, -0.1) is 10.2 Å². The number of hydrogen-bond acceptors (Lipinski definition) is 6. The van der Waals surface area contributed by atoms with Crippen molar-refractivity contribution in [3.63, 3.8) is 0 Å². The van der Waals surface area contributed by atoms with E-state index in [1.807, 2.05) is 48.5 Å². The van der Waals surface area contributed by atoms with E-state index in [0.29, 0.717) is 34.6 Å². The van der Waals surface area contributed by atoms with Crippen LogP contribution in [0.3, 0.4) is 0 Å². The first-order valence-corrected chi connectivity index (χ1v) is 13.2. The Kier molecular flexibility index (Phi) is 7.38. The highest BCUT2D eigenvalue weighted by Crippen LogP contribution is 2.48. The first-order valence-electron chi connectivity index (χ1n) is 12.4. The molecular formula is C28H27Cl2N5O4. The highest BCUT2D eigenvalue weighted by Gasteiger charge is 2.37. The zero-order chi connectivity index (χ0) is 27.7. The number of aromatic nitrogens is 5. The number of carboxylic acid groups (broad SMARTS) is 1. The van der Waals surface area contributed by atoms with Gasteiger partial charge in [0.2, 0.25) is 0 Å². The topological polar surface area (TPSA) is 104 Å². The molecule has 3 heterocycles. The Morgan fingerprint density at radius 2 is 1.90 bits per heavy atom. The number of carboxylic acids is 1. The lowest BCUT2D eigenvalue weighted by Gasteiger charge is -2.30. The monoisotopic (exact) mass is 567 g/mol. The zero-order valence-corrected chi connectivity index (χ0v) is 23.2. The number of aliphatic carboxylic acids is 1. The minimum absolute atomic E-state index is 0.166. The van der Waals surface area contributed by atoms with E-state index in [1.165, 1.54) is 4.80 Å². The number of para-hydroxylation sites is 1. The van der Waals surface area contributed by atoms with Crippen LogP contribution in [0.4, 0.5) is 0 Å². The Balaban J connectivity index is 1.72. The van der Waals surface area contributed by atoms with Gasteiger partial charge >= 0.3 is 5.97 Å². The number of ether oxygens (including phenoxy) is 2. The Hall–Kier alpha value is -3.82. The summed E-state index contributed by atoms with van der Waals surface area (Å²) in [6, 6.07) is 15.5. The molecule has 2 aromatic carbocycles. The summed E-state index contributed by atoms with van der Waals surface area (Å²) in [6.45, 7) is 2.52. The minimum Gasteiger partial charge on any atom is -0.493 e. The van der Waals surface area contributed by atoms with Gasteiger partial charge in [-0.1, -0.05) is 48.3 Å². The molecule has 11 heteroatoms. The number of aryl methyl sites for hydroxylation is 1. The van der Waals surface area contributed by atoms with Gasteiger partial charge in [0, 0.05) is 27.3 Å². The van der Waals surface area contributed by atoms with Gasteiger partial charge in [0.1, 0.15) is 11.6 Å². The second-order valence-corrected chi connectivity index (χ2v) is 10.1. The summed E-state index contributed by atoms with van der Waals surface area (Å²) in [5, 5.41) is 22.5. The van der Waals surface area contributed by atoms with Gasteiger partial charge in [-0.3, -0.25) is 4.79 Å². The molecule has 0 radical (unpaired) electrons. The molecule has 39 heavy (non-hydrogen) atoms. The fraction of sp³-hybridized carbons (Fsp3) is 0.286. The van der Waals surface area contributed by atoms with Crippen LogP contribution in [-0.4, -0.2) is 50.1 Å². The number of benzene rings is 2. The average Bonchev–Trinajstić information content (AvgIpc) is 3.51. The molecular weight excluding hydrogens is 541 g/mol. The van der Waals surface area contributed by atoms with Crippen LogP contribution in [0.5, 0.6) is 11.5 Å². The average molecular weight is 568 g/mol. The van der Waals surface area contributed by atoms with Gasteiger partial charge in [0.05, 0.1) is 26.5 Å². The standard InChI is InChI=1S/C28H27Cl2N5O4/c1-4-28(12-13-34-32-25(31-33-34)15-26(36)37)16-20(18-6-5-7-22(38-2)27(18)39-3)19-14-17(29)8-9-21(19)35-23(28)10-11-24(35)30/h5-11,14,16H,4,12-13,15H2,1-3H3,(H,36,37)/t28-/m1/s1. The number of allylic oxidation sites excluding steroid dienone is 1. The lowest BCUT2D eigenvalue weighted by molar-refractivity contribution is -0.136. The van der Waals surface area contributed by atoms with Crippen LogP contribution in [0.2, 0.25) is 10.2 Å². The molecule has 0 amide bonds. The summed E-state index contributed by atoms with van der Waals surface area (Å²) in [6.07, 6.45) is 3.27. The van der Waals surface area contributed by atoms with Crippen molar-refractivity contribution in [2.24, 2.45) is 0 Å². The van der Waals surface area contributed by atoms with E-state index in [1.54, 1.807) is 14.2 Å². The van der Waals surface area contributed by atoms with Gasteiger partial charge < -0.3 is 19.1 Å². The SMILES string of the molecule is CC[C@@]1(CCn2nnc(CC(=O)O)n2)C=C(c2cccc(OC)c2OC)c2cc(Cl)ccc2-n2c(Cl)ccc21. The summed E-state index contributed by atoms with van der Waals surface area (Å²) in [4.78, 5) is 12.5. The predicted molar refractivity (Wildman–Crippen MR) is 148 cm³/mol. The lowest BCUT2D eigenvalue weighted by atomic mass is 9.76. The number of methoxy groups -OCH3 is 2. The molecule has 1 N–H and O–H groups in total. The smallest absolute Gasteiger partial charge is 0.311 e. The number of rotatable bonds is 9. The van der Waals surface area contributed by atoms with Crippen LogP contribution in [0.1, 0.15) is 42.4 Å². The molecule has 9 nitrogen and oxygen atoms in total. The molecule has 1 aliphatic rings. The van der Waals surface area contributed by atoms with Crippen LogP contribution >= 0.6 is 23.2 Å². The molecule has 1 atom stereocenters. The van der Waals surface area contributed by atoms with Crippen molar-refractivity contribution in [3.8, 4) is 17.2 Å². The van der Waals surface area contributed by atoms with Crippen LogP contribution in [0.25, 0.3) is 11.3 Å². The maximum absolute atomic E-state index is 11.1. The minimum atomic E-state index is -1.01. The van der Waals surface area contributed by atoms with E-state index in [0.717, 1.165) is 34.5 Å². The third-order valence-electron chi connectivity index (χ3n) is 7.14. The molecule has 1 aliphatic heterocycles. The highest BCUT2D eigenvalue weighted by molar-refractivity contribution is 6.31. The van der Waals surface area contributed by atoms with Gasteiger partial charge in [0.25, 0.3) is 0 Å². The molecule has 0 unspecified atom stereocenters. The fourth-order valence-corrected chi connectivity index (χ4v) is 5.67. The van der Waals surface area contributed by atoms with E-state index in [9.17, 15) is 4.79 Å². The van der Waals surface area contributed by atoms with Gasteiger partial charge in [-0.05, 0) is 60.0 Å². The van der Waals surface area contributed by atoms with E-state index >= 15 is 0 Å². The van der Waals surface area contributed by atoms with E-state index in [2.05, 4.69) is 33.0 Å². The van der Waals surface area contributed by atoms with Gasteiger partial charge in [-0.2, -0.15) is 4.80 Å². The van der Waals surface area contributed by atoms with Crippen LogP contribution < -0.4 is 9.47 Å². The molecule has 0 bridgehead atoms. The molecule has 0 spiro atoms. The lowest BCUT2D eigenvalue weighted by Crippen LogP contribution is -2.28. The van der Waals surface area contributed by atoms with E-state index in [-0.39, 0.29) is 12.2 Å². The molecule has 0 fully saturated rings. The summed E-state index contributed by atoms with van der Waals surface area (Å²) in [5.74, 6) is 0.379. The predicted octanol–water partition coefficient (Wildman–Crippen LogP) is 5.60. The van der Waals surface area contributed by atoms with Crippen LogP contribution in [0, 0.1) is 0 Å². The Morgan fingerprint density at radius 3 is 2.62 bits per heavy atom. The van der Waals surface area contributed by atoms with Crippen LogP contribution in [0.15, 0.2) is 54.6 Å². The second kappa shape index (κ2) is 10.7. The Bertz CT molecular complexity index is 1580. The molecule has 0 saturated heterocycles. The second-order valence-electron chi connectivity index (χ2n) is 9.27. The fourth-order valence-electron chi connectivity index (χ4n) is 5.25. The van der Waals surface area contributed by atoms with Crippen molar-refractivity contribution < 1.29 is 19.4 Å². The normalized spacial score (nSPS) is 16.2. The Morgan fingerprint density at radius 1 is 1.08 bits per heavy atom. The van der Waals surface area contributed by atoms with Crippen LogP contribution in [-0.2, 0) is 23.2 Å². The van der Waals surface area contributed by atoms with Crippen molar-refractivity contribution in [3.05, 3.63) is 87.4 Å². The molecule has 0 saturated carbocycles. The van der Waals surface area contributed by atoms with Crippen molar-refractivity contribution in [1.82, 2.24) is 24.8 Å². The summed E-state index contributed by atoms with van der Waals surface area (Å²) < 4.78 is 13.5.